The van der Waals surface area contributed by atoms with Crippen LogP contribution in [-0.2, 0) is 14.8 Å². The number of hydrogen-bond donors (Lipinski definition) is 1. The molecular weight excluding hydrogens is 402 g/mol. The highest BCUT2D eigenvalue weighted by Gasteiger charge is 2.38. The van der Waals surface area contributed by atoms with Crippen LogP contribution in [0, 0.1) is 6.92 Å². The highest BCUT2D eigenvalue weighted by Crippen LogP contribution is 2.29. The molecule has 0 unspecified atom stereocenters. The number of thiophene rings is 1. The van der Waals surface area contributed by atoms with Crippen LogP contribution in [0.1, 0.15) is 24.3 Å². The number of amides is 1. The highest BCUT2D eigenvalue weighted by molar-refractivity contribution is 7.91. The summed E-state index contributed by atoms with van der Waals surface area (Å²) in [4.78, 5) is 17.3. The number of aryl methyl sites for hydroxylation is 1. The molecule has 6 nitrogen and oxygen atoms in total. The van der Waals surface area contributed by atoms with Gasteiger partial charge in [-0.3, -0.25) is 4.79 Å². The van der Waals surface area contributed by atoms with E-state index in [1.807, 2.05) is 25.1 Å². The van der Waals surface area contributed by atoms with E-state index in [1.165, 1.54) is 15.6 Å². The average molecular weight is 422 g/mol. The maximum Gasteiger partial charge on any atom is 0.253 e. The van der Waals surface area contributed by atoms with E-state index >= 15 is 0 Å². The summed E-state index contributed by atoms with van der Waals surface area (Å²) in [7, 11) is -3.66. The average Bonchev–Trinajstić information content (AvgIpc) is 3.30. The topological polar surface area (TPSA) is 79.4 Å². The van der Waals surface area contributed by atoms with E-state index in [-0.39, 0.29) is 10.1 Å². The molecule has 0 bridgehead atoms. The van der Waals surface area contributed by atoms with Gasteiger partial charge >= 0.3 is 0 Å². The number of benzene rings is 1. The van der Waals surface area contributed by atoms with Crippen LogP contribution in [0.5, 0.6) is 0 Å². The van der Waals surface area contributed by atoms with Gasteiger partial charge in [-0.1, -0.05) is 12.5 Å². The third-order valence-electron chi connectivity index (χ3n) is 4.58. The summed E-state index contributed by atoms with van der Waals surface area (Å²) in [6, 6.07) is 8.19. The number of carbonyl (C=O) groups is 1. The first-order valence-electron chi connectivity index (χ1n) is 8.68. The molecule has 1 aliphatic rings. The zero-order valence-corrected chi connectivity index (χ0v) is 17.2. The van der Waals surface area contributed by atoms with Crippen LogP contribution in [0.25, 0.3) is 10.2 Å². The lowest BCUT2D eigenvalue weighted by atomic mass is 10.0. The minimum atomic E-state index is -3.66. The predicted molar refractivity (Wildman–Crippen MR) is 109 cm³/mol. The fourth-order valence-electron chi connectivity index (χ4n) is 3.33. The first-order chi connectivity index (χ1) is 12.9. The summed E-state index contributed by atoms with van der Waals surface area (Å²) < 4.78 is 28.6. The third-order valence-corrected chi connectivity index (χ3v) is 8.81. The van der Waals surface area contributed by atoms with E-state index in [0.717, 1.165) is 28.1 Å². The first-order valence-corrected chi connectivity index (χ1v) is 11.8. The molecule has 9 heteroatoms. The Hall–Kier alpha value is -1.81. The number of nitrogens with zero attached hydrogens (tertiary/aromatic N) is 2. The van der Waals surface area contributed by atoms with Gasteiger partial charge in [0.15, 0.2) is 0 Å². The highest BCUT2D eigenvalue weighted by atomic mass is 32.2. The fourth-order valence-corrected chi connectivity index (χ4v) is 6.91. The van der Waals surface area contributed by atoms with Crippen LogP contribution in [0.2, 0.25) is 0 Å². The number of thiazole rings is 1. The van der Waals surface area contributed by atoms with Crippen LogP contribution in [0.4, 0.5) is 5.69 Å². The number of rotatable bonds is 4. The van der Waals surface area contributed by atoms with Crippen molar-refractivity contribution in [2.45, 2.75) is 36.4 Å². The summed E-state index contributed by atoms with van der Waals surface area (Å²) in [5.74, 6) is -0.291. The Morgan fingerprint density at radius 1 is 1.30 bits per heavy atom. The minimum Gasteiger partial charge on any atom is -0.325 e. The lowest BCUT2D eigenvalue weighted by molar-refractivity contribution is -0.120. The van der Waals surface area contributed by atoms with Crippen molar-refractivity contribution < 1.29 is 13.2 Å². The summed E-state index contributed by atoms with van der Waals surface area (Å²) in [6.07, 6.45) is 2.12. The second-order valence-electron chi connectivity index (χ2n) is 6.46. The molecule has 0 radical (unpaired) electrons. The Bertz CT molecular complexity index is 1070. The van der Waals surface area contributed by atoms with Gasteiger partial charge in [0.2, 0.25) is 5.91 Å². The van der Waals surface area contributed by atoms with E-state index in [2.05, 4.69) is 10.3 Å². The van der Waals surface area contributed by atoms with Gasteiger partial charge < -0.3 is 5.32 Å². The predicted octanol–water partition coefficient (Wildman–Crippen LogP) is 3.85. The van der Waals surface area contributed by atoms with Gasteiger partial charge in [-0.25, -0.2) is 13.4 Å². The number of fused-ring (bicyclic) bond motifs is 1. The number of sulfonamides is 1. The van der Waals surface area contributed by atoms with E-state index in [4.69, 9.17) is 0 Å². The van der Waals surface area contributed by atoms with Crippen molar-refractivity contribution in [3.05, 3.63) is 40.7 Å². The van der Waals surface area contributed by atoms with Crippen molar-refractivity contribution in [2.75, 3.05) is 11.9 Å². The Balaban J connectivity index is 1.58. The van der Waals surface area contributed by atoms with E-state index in [1.54, 1.807) is 28.8 Å². The zero-order valence-electron chi connectivity index (χ0n) is 14.7. The van der Waals surface area contributed by atoms with E-state index < -0.39 is 16.1 Å². The summed E-state index contributed by atoms with van der Waals surface area (Å²) in [5, 5.41) is 5.58. The molecule has 1 fully saturated rings. The molecule has 2 aromatic heterocycles. The Labute approximate surface area is 165 Å². The van der Waals surface area contributed by atoms with Crippen molar-refractivity contribution in [1.82, 2.24) is 9.29 Å². The van der Waals surface area contributed by atoms with Gasteiger partial charge in [-0.05, 0) is 49.4 Å². The SMILES string of the molecule is Cc1nc2cc(NC(=O)[C@@H]3CCCCN3S(=O)(=O)c3cccs3)ccc2s1. The number of carbonyl (C=O) groups excluding carboxylic acids is 1. The molecule has 0 saturated carbocycles. The molecule has 3 aromatic rings. The normalized spacial score (nSPS) is 18.6. The first kappa shape index (κ1) is 18.5. The Kier molecular flexibility index (Phi) is 5.02. The van der Waals surface area contributed by atoms with E-state index in [9.17, 15) is 13.2 Å². The Morgan fingerprint density at radius 2 is 2.15 bits per heavy atom. The second-order valence-corrected chi connectivity index (χ2v) is 10.8. The summed E-state index contributed by atoms with van der Waals surface area (Å²) >= 11 is 2.78. The molecule has 142 valence electrons. The minimum absolute atomic E-state index is 0.279. The van der Waals surface area contributed by atoms with Crippen molar-refractivity contribution in [3.63, 3.8) is 0 Å². The molecule has 0 spiro atoms. The van der Waals surface area contributed by atoms with Crippen LogP contribution in [0.15, 0.2) is 39.9 Å². The quantitative estimate of drug-likeness (QED) is 0.694. The number of nitrogens with one attached hydrogen (secondary N) is 1. The number of hydrogen-bond acceptors (Lipinski definition) is 6. The summed E-state index contributed by atoms with van der Waals surface area (Å²) in [6.45, 7) is 2.31. The molecule has 1 N–H and O–H groups in total. The molecule has 4 rings (SSSR count). The van der Waals surface area contributed by atoms with Crippen molar-refractivity contribution in [3.8, 4) is 0 Å². The molecule has 1 atom stereocenters. The van der Waals surface area contributed by atoms with Gasteiger partial charge in [-0.2, -0.15) is 4.31 Å². The van der Waals surface area contributed by atoms with Crippen LogP contribution >= 0.6 is 22.7 Å². The molecule has 1 saturated heterocycles. The lowest BCUT2D eigenvalue weighted by Gasteiger charge is -2.33. The molecule has 0 aliphatic carbocycles. The monoisotopic (exact) mass is 421 g/mol. The molecule has 1 amide bonds. The van der Waals surface area contributed by atoms with Crippen LogP contribution in [-0.4, -0.2) is 36.2 Å². The van der Waals surface area contributed by atoms with Gasteiger partial charge in [0.05, 0.1) is 15.2 Å². The number of piperidine rings is 1. The Morgan fingerprint density at radius 3 is 2.93 bits per heavy atom. The summed E-state index contributed by atoms with van der Waals surface area (Å²) in [5.41, 5.74) is 1.47. The van der Waals surface area contributed by atoms with Gasteiger partial charge in [0.1, 0.15) is 10.3 Å². The maximum atomic E-state index is 12.9. The standard InChI is InChI=1S/C18H19N3O3S3/c1-12-19-14-11-13(7-8-16(14)26-12)20-18(22)15-5-2-3-9-21(15)27(23,24)17-6-4-10-25-17/h4,6-8,10-11,15H,2-3,5,9H2,1H3,(H,20,22)/t15-/m0/s1. The largest absolute Gasteiger partial charge is 0.325 e. The van der Waals surface area contributed by atoms with E-state index in [0.29, 0.717) is 18.7 Å². The fraction of sp³-hybridized carbons (Fsp3) is 0.333. The van der Waals surface area contributed by atoms with Crippen molar-refractivity contribution >= 4 is 54.5 Å². The van der Waals surface area contributed by atoms with Crippen LogP contribution in [0.3, 0.4) is 0 Å². The smallest absolute Gasteiger partial charge is 0.253 e. The maximum absolute atomic E-state index is 12.9. The zero-order chi connectivity index (χ0) is 19.0. The number of aromatic nitrogens is 1. The third kappa shape index (κ3) is 3.64. The molecule has 1 aliphatic heterocycles. The van der Waals surface area contributed by atoms with Gasteiger partial charge in [-0.15, -0.1) is 22.7 Å². The lowest BCUT2D eigenvalue weighted by Crippen LogP contribution is -2.49. The molecule has 3 heterocycles. The molecule has 1 aromatic carbocycles. The van der Waals surface area contributed by atoms with Crippen molar-refractivity contribution in [1.29, 1.82) is 0 Å². The van der Waals surface area contributed by atoms with Crippen LogP contribution < -0.4 is 5.32 Å². The second kappa shape index (κ2) is 7.31. The molecule has 27 heavy (non-hydrogen) atoms. The van der Waals surface area contributed by atoms with Gasteiger partial charge in [0, 0.05) is 12.2 Å². The molecular formula is C18H19N3O3S3. The van der Waals surface area contributed by atoms with Gasteiger partial charge in [0.25, 0.3) is 10.0 Å². The van der Waals surface area contributed by atoms with Crippen molar-refractivity contribution in [2.24, 2.45) is 0 Å². The number of anilines is 1.